The van der Waals surface area contributed by atoms with Crippen molar-refractivity contribution in [2.75, 3.05) is 6.54 Å². The van der Waals surface area contributed by atoms with E-state index < -0.39 is 10.0 Å². The zero-order valence-corrected chi connectivity index (χ0v) is 12.6. The quantitative estimate of drug-likeness (QED) is 0.899. The third-order valence-electron chi connectivity index (χ3n) is 3.44. The van der Waals surface area contributed by atoms with Crippen LogP contribution in [0.25, 0.3) is 0 Å². The highest BCUT2D eigenvalue weighted by Crippen LogP contribution is 2.27. The Morgan fingerprint density at radius 2 is 1.78 bits per heavy atom. The third kappa shape index (κ3) is 3.80. The van der Waals surface area contributed by atoms with E-state index in [2.05, 4.69) is 20.7 Å². The highest BCUT2D eigenvalue weighted by Gasteiger charge is 2.17. The van der Waals surface area contributed by atoms with Crippen LogP contribution in [0.2, 0.25) is 0 Å². The minimum absolute atomic E-state index is 0.331. The highest BCUT2D eigenvalue weighted by molar-refractivity contribution is 9.10. The first kappa shape index (κ1) is 14.0. The van der Waals surface area contributed by atoms with Crippen molar-refractivity contribution in [1.29, 1.82) is 0 Å². The maximum atomic E-state index is 12.0. The Kier molecular flexibility index (Phi) is 4.81. The second-order valence-corrected chi connectivity index (χ2v) is 7.47. The second-order valence-electron chi connectivity index (χ2n) is 4.79. The summed E-state index contributed by atoms with van der Waals surface area (Å²) in [7, 11) is -3.34. The van der Waals surface area contributed by atoms with Gasteiger partial charge in [-0.3, -0.25) is 0 Å². The van der Waals surface area contributed by atoms with Gasteiger partial charge >= 0.3 is 0 Å². The van der Waals surface area contributed by atoms with Gasteiger partial charge in [-0.15, -0.1) is 0 Å². The molecule has 0 amide bonds. The van der Waals surface area contributed by atoms with Gasteiger partial charge in [0, 0.05) is 11.0 Å². The van der Waals surface area contributed by atoms with Gasteiger partial charge in [-0.2, -0.15) is 0 Å². The summed E-state index contributed by atoms with van der Waals surface area (Å²) < 4.78 is 27.5. The lowest BCUT2D eigenvalue weighted by Gasteiger charge is -2.10. The first-order valence-electron chi connectivity index (χ1n) is 6.33. The predicted molar refractivity (Wildman–Crippen MR) is 75.9 cm³/mol. The molecule has 0 radical (unpaired) electrons. The maximum Gasteiger partial charge on any atom is 0.240 e. The molecule has 0 spiro atoms. The number of hydrogen-bond acceptors (Lipinski definition) is 2. The minimum atomic E-state index is -3.34. The molecule has 18 heavy (non-hydrogen) atoms. The van der Waals surface area contributed by atoms with E-state index in [1.807, 2.05) is 0 Å². The van der Waals surface area contributed by atoms with Crippen LogP contribution in [-0.4, -0.2) is 15.0 Å². The van der Waals surface area contributed by atoms with Crippen molar-refractivity contribution in [1.82, 2.24) is 4.72 Å². The van der Waals surface area contributed by atoms with E-state index in [1.165, 1.54) is 25.7 Å². The fourth-order valence-corrected chi connectivity index (χ4v) is 3.71. The van der Waals surface area contributed by atoms with E-state index in [0.29, 0.717) is 17.4 Å². The fraction of sp³-hybridized carbons (Fsp3) is 0.538. The van der Waals surface area contributed by atoms with Crippen molar-refractivity contribution in [3.63, 3.8) is 0 Å². The Morgan fingerprint density at radius 3 is 2.39 bits per heavy atom. The van der Waals surface area contributed by atoms with Crippen LogP contribution < -0.4 is 4.72 Å². The van der Waals surface area contributed by atoms with Gasteiger partial charge in [0.25, 0.3) is 0 Å². The van der Waals surface area contributed by atoms with E-state index in [4.69, 9.17) is 0 Å². The number of rotatable bonds is 5. The first-order chi connectivity index (χ1) is 8.58. The molecule has 0 aliphatic heterocycles. The molecule has 3 nitrogen and oxygen atoms in total. The maximum absolute atomic E-state index is 12.0. The van der Waals surface area contributed by atoms with Gasteiger partial charge in [-0.05, 0) is 36.6 Å². The van der Waals surface area contributed by atoms with Gasteiger partial charge in [0.1, 0.15) is 0 Å². The molecule has 0 atom stereocenters. The van der Waals surface area contributed by atoms with Crippen molar-refractivity contribution in [2.24, 2.45) is 5.92 Å². The van der Waals surface area contributed by atoms with E-state index in [9.17, 15) is 8.42 Å². The molecule has 1 aliphatic carbocycles. The lowest BCUT2D eigenvalue weighted by molar-refractivity contribution is 0.495. The summed E-state index contributed by atoms with van der Waals surface area (Å²) in [5.74, 6) is 0.706. The molecule has 0 heterocycles. The van der Waals surface area contributed by atoms with Crippen LogP contribution in [0.4, 0.5) is 0 Å². The van der Waals surface area contributed by atoms with Crippen LogP contribution in [0.3, 0.4) is 0 Å². The predicted octanol–water partition coefficient (Wildman–Crippen LogP) is 3.31. The molecule has 0 bridgehead atoms. The number of nitrogens with one attached hydrogen (secondary N) is 1. The number of halogens is 1. The Balaban J connectivity index is 1.88. The van der Waals surface area contributed by atoms with Crippen LogP contribution in [0.15, 0.2) is 33.6 Å². The zero-order chi connectivity index (χ0) is 13.0. The van der Waals surface area contributed by atoms with Crippen molar-refractivity contribution < 1.29 is 8.42 Å². The monoisotopic (exact) mass is 331 g/mol. The average Bonchev–Trinajstić information content (AvgIpc) is 2.82. The first-order valence-corrected chi connectivity index (χ1v) is 8.61. The smallest absolute Gasteiger partial charge is 0.211 e. The van der Waals surface area contributed by atoms with Gasteiger partial charge in [0.15, 0.2) is 0 Å². The van der Waals surface area contributed by atoms with Crippen LogP contribution in [0.1, 0.15) is 32.1 Å². The van der Waals surface area contributed by atoms with Crippen LogP contribution in [-0.2, 0) is 10.0 Å². The molecule has 1 fully saturated rings. The SMILES string of the molecule is O=S(=O)(NCCC1CCCC1)c1ccc(Br)cc1. The Bertz CT molecular complexity index is 478. The summed E-state index contributed by atoms with van der Waals surface area (Å²) >= 11 is 3.29. The fourth-order valence-electron chi connectivity index (χ4n) is 2.39. The summed E-state index contributed by atoms with van der Waals surface area (Å²) in [5.41, 5.74) is 0. The molecule has 1 aromatic rings. The Labute approximate surface area is 117 Å². The largest absolute Gasteiger partial charge is 0.240 e. The average molecular weight is 332 g/mol. The molecule has 1 aliphatic rings. The van der Waals surface area contributed by atoms with Crippen molar-refractivity contribution in [3.05, 3.63) is 28.7 Å². The standard InChI is InChI=1S/C13H18BrNO2S/c14-12-5-7-13(8-6-12)18(16,17)15-10-9-11-3-1-2-4-11/h5-8,11,15H,1-4,9-10H2. The molecular formula is C13H18BrNO2S. The summed E-state index contributed by atoms with van der Waals surface area (Å²) in [6.07, 6.45) is 6.05. The van der Waals surface area contributed by atoms with Gasteiger partial charge in [-0.25, -0.2) is 13.1 Å². The Hall–Kier alpha value is -0.390. The molecular weight excluding hydrogens is 314 g/mol. The number of benzene rings is 1. The van der Waals surface area contributed by atoms with Crippen molar-refractivity contribution >= 4 is 26.0 Å². The lowest BCUT2D eigenvalue weighted by Crippen LogP contribution is -2.25. The molecule has 0 saturated heterocycles. The Morgan fingerprint density at radius 1 is 1.17 bits per heavy atom. The normalized spacial score (nSPS) is 17.2. The van der Waals surface area contributed by atoms with Crippen LogP contribution in [0.5, 0.6) is 0 Å². The van der Waals surface area contributed by atoms with E-state index >= 15 is 0 Å². The molecule has 0 aromatic heterocycles. The molecule has 0 unspecified atom stereocenters. The second kappa shape index (κ2) is 6.17. The molecule has 1 N–H and O–H groups in total. The zero-order valence-electron chi connectivity index (χ0n) is 10.2. The molecule has 1 aromatic carbocycles. The summed E-state index contributed by atoms with van der Waals surface area (Å²) in [6.45, 7) is 0.545. The molecule has 2 rings (SSSR count). The lowest BCUT2D eigenvalue weighted by atomic mass is 10.1. The molecule has 1 saturated carbocycles. The topological polar surface area (TPSA) is 46.2 Å². The van der Waals surface area contributed by atoms with Gasteiger partial charge in [-0.1, -0.05) is 41.6 Å². The van der Waals surface area contributed by atoms with Crippen molar-refractivity contribution in [2.45, 2.75) is 37.0 Å². The molecule has 100 valence electrons. The van der Waals surface area contributed by atoms with E-state index in [-0.39, 0.29) is 0 Å². The number of hydrogen-bond donors (Lipinski definition) is 1. The van der Waals surface area contributed by atoms with Crippen LogP contribution >= 0.6 is 15.9 Å². The highest BCUT2D eigenvalue weighted by atomic mass is 79.9. The third-order valence-corrected chi connectivity index (χ3v) is 5.45. The summed E-state index contributed by atoms with van der Waals surface area (Å²) in [5, 5.41) is 0. The summed E-state index contributed by atoms with van der Waals surface area (Å²) in [6, 6.07) is 6.71. The van der Waals surface area contributed by atoms with E-state index in [1.54, 1.807) is 24.3 Å². The molecule has 5 heteroatoms. The van der Waals surface area contributed by atoms with E-state index in [0.717, 1.165) is 10.9 Å². The van der Waals surface area contributed by atoms with Crippen molar-refractivity contribution in [3.8, 4) is 0 Å². The number of sulfonamides is 1. The summed E-state index contributed by atoms with van der Waals surface area (Å²) in [4.78, 5) is 0.331. The minimum Gasteiger partial charge on any atom is -0.211 e. The van der Waals surface area contributed by atoms with Gasteiger partial charge in [0.2, 0.25) is 10.0 Å². The van der Waals surface area contributed by atoms with Crippen LogP contribution in [0, 0.1) is 5.92 Å². The van der Waals surface area contributed by atoms with Gasteiger partial charge < -0.3 is 0 Å². The van der Waals surface area contributed by atoms with Gasteiger partial charge in [0.05, 0.1) is 4.90 Å².